The minimum Gasteiger partial charge on any atom is -0.493 e. The number of hydrogen-bond acceptors (Lipinski definition) is 5. The topological polar surface area (TPSA) is 52.6 Å². The molecule has 0 unspecified atom stereocenters. The van der Waals surface area contributed by atoms with Crippen LogP contribution in [0.15, 0.2) is 36.5 Å². The number of nitrogens with zero attached hydrogens (tertiary/aromatic N) is 1. The molecule has 0 spiro atoms. The molecule has 0 aliphatic rings. The van der Waals surface area contributed by atoms with Crippen molar-refractivity contribution >= 4 is 11.6 Å². The molecule has 1 aromatic heterocycles. The van der Waals surface area contributed by atoms with Crippen molar-refractivity contribution in [1.82, 2.24) is 10.3 Å². The number of ether oxygens (including phenoxy) is 3. The Balaban J connectivity index is 1.80. The lowest BCUT2D eigenvalue weighted by atomic mass is 10.1. The van der Waals surface area contributed by atoms with Crippen molar-refractivity contribution in [3.05, 3.63) is 47.1 Å². The zero-order chi connectivity index (χ0) is 17.2. The van der Waals surface area contributed by atoms with Gasteiger partial charge in [0.2, 0.25) is 5.88 Å². The number of benzene rings is 1. The zero-order valence-corrected chi connectivity index (χ0v) is 14.8. The minimum absolute atomic E-state index is 0.572. The summed E-state index contributed by atoms with van der Waals surface area (Å²) in [5.41, 5.74) is 0.979. The molecule has 0 bridgehead atoms. The van der Waals surface area contributed by atoms with Gasteiger partial charge in [0.25, 0.3) is 0 Å². The van der Waals surface area contributed by atoms with Crippen LogP contribution in [0, 0.1) is 0 Å². The van der Waals surface area contributed by atoms with Gasteiger partial charge in [0.15, 0.2) is 11.5 Å². The van der Waals surface area contributed by atoms with E-state index in [4.69, 9.17) is 25.8 Å². The van der Waals surface area contributed by atoms with Crippen LogP contribution in [0.3, 0.4) is 0 Å². The second kappa shape index (κ2) is 10.0. The molecule has 0 aliphatic heterocycles. The van der Waals surface area contributed by atoms with Crippen molar-refractivity contribution in [3.8, 4) is 17.4 Å². The number of rotatable bonds is 10. The monoisotopic (exact) mass is 350 g/mol. The summed E-state index contributed by atoms with van der Waals surface area (Å²) in [7, 11) is 1.61. The lowest BCUT2D eigenvalue weighted by molar-refractivity contribution is 0.295. The van der Waals surface area contributed by atoms with Crippen molar-refractivity contribution in [2.45, 2.75) is 19.9 Å². The second-order valence-corrected chi connectivity index (χ2v) is 5.51. The Morgan fingerprint density at radius 3 is 2.79 bits per heavy atom. The normalized spacial score (nSPS) is 10.5. The molecule has 0 saturated carbocycles. The summed E-state index contributed by atoms with van der Waals surface area (Å²) in [5, 5.41) is 4.00. The fourth-order valence-electron chi connectivity index (χ4n) is 2.24. The second-order valence-electron chi connectivity index (χ2n) is 5.08. The molecule has 0 atom stereocenters. The van der Waals surface area contributed by atoms with Crippen LogP contribution in [0.4, 0.5) is 0 Å². The standard InChI is InChI=1S/C18H23ClN2O3/c1-3-23-18-14(11-15(19)12-16(18)22-2)13-20-8-6-10-24-17-7-4-5-9-21-17/h4-5,7,9,11-12,20H,3,6,8,10,13H2,1-2H3. The lowest BCUT2D eigenvalue weighted by Gasteiger charge is -2.15. The molecule has 2 rings (SSSR count). The van der Waals surface area contributed by atoms with E-state index in [2.05, 4.69) is 10.3 Å². The molecular formula is C18H23ClN2O3. The molecule has 1 heterocycles. The Morgan fingerprint density at radius 1 is 1.21 bits per heavy atom. The van der Waals surface area contributed by atoms with E-state index in [0.717, 1.165) is 24.3 Å². The van der Waals surface area contributed by atoms with Gasteiger partial charge < -0.3 is 19.5 Å². The molecular weight excluding hydrogens is 328 g/mol. The third-order valence-corrected chi connectivity index (χ3v) is 3.52. The van der Waals surface area contributed by atoms with Gasteiger partial charge in [0, 0.05) is 35.5 Å². The summed E-state index contributed by atoms with van der Waals surface area (Å²) in [6.07, 6.45) is 2.59. The Hall–Kier alpha value is -1.98. The van der Waals surface area contributed by atoms with Crippen LogP contribution in [-0.4, -0.2) is 31.9 Å². The van der Waals surface area contributed by atoms with Crippen molar-refractivity contribution < 1.29 is 14.2 Å². The van der Waals surface area contributed by atoms with Gasteiger partial charge in [-0.2, -0.15) is 0 Å². The highest BCUT2D eigenvalue weighted by atomic mass is 35.5. The van der Waals surface area contributed by atoms with Gasteiger partial charge in [-0.25, -0.2) is 4.98 Å². The van der Waals surface area contributed by atoms with Gasteiger partial charge in [0.05, 0.1) is 20.3 Å². The molecule has 130 valence electrons. The zero-order valence-electron chi connectivity index (χ0n) is 14.0. The smallest absolute Gasteiger partial charge is 0.213 e. The van der Waals surface area contributed by atoms with Gasteiger partial charge in [-0.1, -0.05) is 17.7 Å². The quantitative estimate of drug-likeness (QED) is 0.662. The Morgan fingerprint density at radius 2 is 2.08 bits per heavy atom. The predicted molar refractivity (Wildman–Crippen MR) is 95.2 cm³/mol. The van der Waals surface area contributed by atoms with E-state index < -0.39 is 0 Å². The maximum Gasteiger partial charge on any atom is 0.213 e. The Kier molecular flexibility index (Phi) is 7.65. The van der Waals surface area contributed by atoms with Gasteiger partial charge in [-0.05, 0) is 32.0 Å². The average Bonchev–Trinajstić information content (AvgIpc) is 2.60. The third kappa shape index (κ3) is 5.58. The molecule has 5 nitrogen and oxygen atoms in total. The molecule has 0 fully saturated rings. The molecule has 6 heteroatoms. The number of methoxy groups -OCH3 is 1. The van der Waals surface area contributed by atoms with Crippen molar-refractivity contribution in [1.29, 1.82) is 0 Å². The predicted octanol–water partition coefficient (Wildman–Crippen LogP) is 3.70. The number of aromatic nitrogens is 1. The number of pyridine rings is 1. The summed E-state index contributed by atoms with van der Waals surface area (Å²) in [4.78, 5) is 4.12. The number of halogens is 1. The first-order valence-corrected chi connectivity index (χ1v) is 8.36. The Labute approximate surface area is 147 Å². The summed E-state index contributed by atoms with van der Waals surface area (Å²) in [6, 6.07) is 9.27. The molecule has 1 N–H and O–H groups in total. The molecule has 24 heavy (non-hydrogen) atoms. The van der Waals surface area contributed by atoms with Crippen LogP contribution < -0.4 is 19.5 Å². The minimum atomic E-state index is 0.572. The van der Waals surface area contributed by atoms with Crippen LogP contribution >= 0.6 is 11.6 Å². The average molecular weight is 351 g/mol. The summed E-state index contributed by atoms with van der Waals surface area (Å²) in [6.45, 7) is 4.59. The highest BCUT2D eigenvalue weighted by Gasteiger charge is 2.12. The lowest BCUT2D eigenvalue weighted by Crippen LogP contribution is -2.18. The molecule has 0 saturated heterocycles. The van der Waals surface area contributed by atoms with Crippen LogP contribution in [0.2, 0.25) is 5.02 Å². The molecule has 2 aromatic rings. The maximum absolute atomic E-state index is 6.14. The molecule has 0 aliphatic carbocycles. The molecule has 1 aromatic carbocycles. The van der Waals surface area contributed by atoms with Gasteiger partial charge in [-0.15, -0.1) is 0 Å². The highest BCUT2D eigenvalue weighted by molar-refractivity contribution is 6.30. The van der Waals surface area contributed by atoms with Gasteiger partial charge in [-0.3, -0.25) is 0 Å². The summed E-state index contributed by atoms with van der Waals surface area (Å²) >= 11 is 6.14. The molecule has 0 amide bonds. The van der Waals surface area contributed by atoms with E-state index in [1.165, 1.54) is 0 Å². The van der Waals surface area contributed by atoms with Crippen LogP contribution in [-0.2, 0) is 6.54 Å². The molecule has 0 radical (unpaired) electrons. The fourth-order valence-corrected chi connectivity index (χ4v) is 2.47. The first kappa shape index (κ1) is 18.4. The first-order chi connectivity index (χ1) is 11.7. The van der Waals surface area contributed by atoms with Crippen molar-refractivity contribution in [2.24, 2.45) is 0 Å². The number of nitrogens with one attached hydrogen (secondary N) is 1. The van der Waals surface area contributed by atoms with Crippen LogP contribution in [0.25, 0.3) is 0 Å². The Bertz CT molecular complexity index is 623. The third-order valence-electron chi connectivity index (χ3n) is 3.31. The fraction of sp³-hybridized carbons (Fsp3) is 0.389. The van der Waals surface area contributed by atoms with Gasteiger partial charge >= 0.3 is 0 Å². The van der Waals surface area contributed by atoms with Gasteiger partial charge in [0.1, 0.15) is 0 Å². The summed E-state index contributed by atoms with van der Waals surface area (Å²) in [5.74, 6) is 2.04. The number of hydrogen-bond donors (Lipinski definition) is 1. The van der Waals surface area contributed by atoms with Crippen LogP contribution in [0.5, 0.6) is 17.4 Å². The van der Waals surface area contributed by atoms with Crippen molar-refractivity contribution in [3.63, 3.8) is 0 Å². The van der Waals surface area contributed by atoms with Crippen molar-refractivity contribution in [2.75, 3.05) is 26.9 Å². The first-order valence-electron chi connectivity index (χ1n) is 7.98. The maximum atomic E-state index is 6.14. The van der Waals surface area contributed by atoms with E-state index in [1.807, 2.05) is 31.2 Å². The summed E-state index contributed by atoms with van der Waals surface area (Å²) < 4.78 is 16.6. The van der Waals surface area contributed by atoms with E-state index in [1.54, 1.807) is 19.4 Å². The van der Waals surface area contributed by atoms with Crippen LogP contribution in [0.1, 0.15) is 18.9 Å². The van der Waals surface area contributed by atoms with E-state index in [-0.39, 0.29) is 0 Å². The largest absolute Gasteiger partial charge is 0.493 e. The van der Waals surface area contributed by atoms with E-state index in [0.29, 0.717) is 36.4 Å². The highest BCUT2D eigenvalue weighted by Crippen LogP contribution is 2.34. The van der Waals surface area contributed by atoms with E-state index in [9.17, 15) is 0 Å². The van der Waals surface area contributed by atoms with E-state index >= 15 is 0 Å². The SMILES string of the molecule is CCOc1c(CNCCCOc2ccccn2)cc(Cl)cc1OC.